The van der Waals surface area contributed by atoms with E-state index >= 15 is 0 Å². The van der Waals surface area contributed by atoms with Crippen LogP contribution in [0.4, 0.5) is 0 Å². The summed E-state index contributed by atoms with van der Waals surface area (Å²) in [6.45, 7) is 8.84. The Labute approximate surface area is 120 Å². The molecular formula is C18H21N2+. The minimum absolute atomic E-state index is 0.174. The molecule has 3 aromatic rings. The minimum atomic E-state index is 0.174. The first-order valence-corrected chi connectivity index (χ1v) is 7.04. The maximum Gasteiger partial charge on any atom is 0.254 e. The summed E-state index contributed by atoms with van der Waals surface area (Å²) >= 11 is 0. The van der Waals surface area contributed by atoms with Gasteiger partial charge in [-0.3, -0.25) is 0 Å². The Morgan fingerprint density at radius 1 is 0.950 bits per heavy atom. The summed E-state index contributed by atoms with van der Waals surface area (Å²) in [6.07, 6.45) is 6.52. The maximum atomic E-state index is 2.24. The third kappa shape index (κ3) is 2.34. The molecule has 2 heteroatoms. The molecule has 0 N–H and O–H groups in total. The van der Waals surface area contributed by atoms with E-state index in [9.17, 15) is 0 Å². The molecule has 0 bridgehead atoms. The average Bonchev–Trinajstić information content (AvgIpc) is 2.81. The lowest BCUT2D eigenvalue weighted by Crippen LogP contribution is -2.26. The van der Waals surface area contributed by atoms with Crippen molar-refractivity contribution in [2.24, 2.45) is 0 Å². The van der Waals surface area contributed by atoms with E-state index in [1.807, 2.05) is 0 Å². The third-order valence-corrected chi connectivity index (χ3v) is 3.73. The van der Waals surface area contributed by atoms with Gasteiger partial charge >= 0.3 is 0 Å². The second-order valence-corrected chi connectivity index (χ2v) is 6.49. The van der Waals surface area contributed by atoms with Gasteiger partial charge in [0.25, 0.3) is 6.33 Å². The minimum Gasteiger partial charge on any atom is -0.202 e. The van der Waals surface area contributed by atoms with E-state index in [2.05, 4.69) is 91.8 Å². The number of aromatic nitrogens is 2. The van der Waals surface area contributed by atoms with Crippen LogP contribution in [0.25, 0.3) is 11.2 Å². The van der Waals surface area contributed by atoms with Crippen LogP contribution in [0.5, 0.6) is 0 Å². The third-order valence-electron chi connectivity index (χ3n) is 3.73. The lowest BCUT2D eigenvalue weighted by Gasteiger charge is -2.17. The van der Waals surface area contributed by atoms with Crippen LogP contribution < -0.4 is 4.57 Å². The zero-order valence-corrected chi connectivity index (χ0v) is 12.6. The van der Waals surface area contributed by atoms with Crippen molar-refractivity contribution in [3.8, 4) is 5.69 Å². The summed E-state index contributed by atoms with van der Waals surface area (Å²) in [5.74, 6) is 0. The highest BCUT2D eigenvalue weighted by Gasteiger charge is 2.17. The molecule has 0 saturated heterocycles. The highest BCUT2D eigenvalue weighted by Crippen LogP contribution is 2.22. The predicted octanol–water partition coefficient (Wildman–Crippen LogP) is 3.82. The zero-order valence-electron chi connectivity index (χ0n) is 12.6. The van der Waals surface area contributed by atoms with E-state index in [0.29, 0.717) is 0 Å². The fourth-order valence-electron chi connectivity index (χ4n) is 2.35. The van der Waals surface area contributed by atoms with Crippen molar-refractivity contribution in [1.82, 2.24) is 4.40 Å². The number of fused-ring (bicyclic) bond motifs is 1. The molecule has 2 aromatic heterocycles. The van der Waals surface area contributed by atoms with Gasteiger partial charge in [-0.2, -0.15) is 0 Å². The molecule has 0 amide bonds. The summed E-state index contributed by atoms with van der Waals surface area (Å²) in [7, 11) is 0. The number of rotatable bonds is 1. The van der Waals surface area contributed by atoms with Crippen LogP contribution in [0.2, 0.25) is 0 Å². The number of hydrogen-bond donors (Lipinski definition) is 0. The number of pyridine rings is 1. The summed E-state index contributed by atoms with van der Waals surface area (Å²) in [5, 5.41) is 0. The Hall–Kier alpha value is -2.09. The van der Waals surface area contributed by atoms with Gasteiger partial charge in [0.2, 0.25) is 0 Å². The van der Waals surface area contributed by atoms with Crippen molar-refractivity contribution < 1.29 is 4.57 Å². The molecule has 0 radical (unpaired) electrons. The highest BCUT2D eigenvalue weighted by atomic mass is 15.1. The molecule has 0 aliphatic rings. The van der Waals surface area contributed by atoms with Crippen LogP contribution >= 0.6 is 0 Å². The van der Waals surface area contributed by atoms with Crippen LogP contribution in [0.3, 0.4) is 0 Å². The standard InChI is InChI=1S/C18H21N2/c1-14-5-8-16(9-6-14)20-12-17-10-7-15(18(2,3)4)11-19(17)13-20/h5-13H,1-4H3/q+1. The summed E-state index contributed by atoms with van der Waals surface area (Å²) < 4.78 is 4.36. The monoisotopic (exact) mass is 265 g/mol. The van der Waals surface area contributed by atoms with Crippen LogP contribution in [0.15, 0.2) is 55.1 Å². The molecule has 3 rings (SSSR count). The average molecular weight is 265 g/mol. The molecule has 0 fully saturated rings. The van der Waals surface area contributed by atoms with Gasteiger partial charge in [0.05, 0.1) is 6.20 Å². The van der Waals surface area contributed by atoms with E-state index < -0.39 is 0 Å². The molecule has 0 aliphatic carbocycles. The molecule has 0 atom stereocenters. The van der Waals surface area contributed by atoms with Crippen molar-refractivity contribution in [3.05, 3.63) is 66.2 Å². The Morgan fingerprint density at radius 2 is 1.65 bits per heavy atom. The van der Waals surface area contributed by atoms with Crippen LogP contribution in [0.1, 0.15) is 31.9 Å². The molecule has 20 heavy (non-hydrogen) atoms. The number of aryl methyl sites for hydroxylation is 1. The van der Waals surface area contributed by atoms with Crippen molar-refractivity contribution in [2.75, 3.05) is 0 Å². The molecule has 102 valence electrons. The van der Waals surface area contributed by atoms with Gasteiger partial charge in [-0.15, -0.1) is 0 Å². The normalized spacial score (nSPS) is 12.0. The van der Waals surface area contributed by atoms with E-state index in [-0.39, 0.29) is 5.41 Å². The van der Waals surface area contributed by atoms with E-state index in [0.717, 1.165) is 0 Å². The molecule has 0 unspecified atom stereocenters. The largest absolute Gasteiger partial charge is 0.254 e. The van der Waals surface area contributed by atoms with Gasteiger partial charge in [-0.1, -0.05) is 44.5 Å². The van der Waals surface area contributed by atoms with Crippen LogP contribution in [0, 0.1) is 6.92 Å². The zero-order chi connectivity index (χ0) is 14.3. The quantitative estimate of drug-likeness (QED) is 0.591. The molecular weight excluding hydrogens is 244 g/mol. The second kappa shape index (κ2) is 4.48. The molecule has 0 aliphatic heterocycles. The van der Waals surface area contributed by atoms with Crippen LogP contribution in [-0.2, 0) is 5.41 Å². The van der Waals surface area contributed by atoms with Gasteiger partial charge in [-0.25, -0.2) is 8.97 Å². The Balaban J connectivity index is 2.09. The van der Waals surface area contributed by atoms with E-state index in [1.165, 1.54) is 22.3 Å². The first-order chi connectivity index (χ1) is 9.43. The van der Waals surface area contributed by atoms with E-state index in [4.69, 9.17) is 0 Å². The van der Waals surface area contributed by atoms with Gasteiger partial charge in [0, 0.05) is 0 Å². The molecule has 0 saturated carbocycles. The highest BCUT2D eigenvalue weighted by molar-refractivity contribution is 5.45. The number of nitrogens with zero attached hydrogens (tertiary/aromatic N) is 2. The molecule has 2 heterocycles. The summed E-state index contributed by atoms with van der Waals surface area (Å²) in [6, 6.07) is 13.0. The fourth-order valence-corrected chi connectivity index (χ4v) is 2.35. The second-order valence-electron chi connectivity index (χ2n) is 6.49. The smallest absolute Gasteiger partial charge is 0.202 e. The summed E-state index contributed by atoms with van der Waals surface area (Å²) in [5.41, 5.74) is 5.20. The molecule has 1 aromatic carbocycles. The van der Waals surface area contributed by atoms with E-state index in [1.54, 1.807) is 0 Å². The van der Waals surface area contributed by atoms with Crippen molar-refractivity contribution >= 4 is 5.52 Å². The maximum absolute atomic E-state index is 2.24. The molecule has 0 spiro atoms. The first-order valence-electron chi connectivity index (χ1n) is 7.04. The topological polar surface area (TPSA) is 8.29 Å². The SMILES string of the molecule is Cc1ccc(-[n+]2cc3ccc(C(C)(C)C)cn3c2)cc1. The molecule has 2 nitrogen and oxygen atoms in total. The van der Waals surface area contributed by atoms with Gasteiger partial charge in [0.15, 0.2) is 5.52 Å². The van der Waals surface area contributed by atoms with Gasteiger partial charge in [-0.05, 0) is 36.1 Å². The fraction of sp³-hybridized carbons (Fsp3) is 0.278. The predicted molar refractivity (Wildman–Crippen MR) is 82.4 cm³/mol. The van der Waals surface area contributed by atoms with Gasteiger partial charge < -0.3 is 0 Å². The number of hydrogen-bond acceptors (Lipinski definition) is 0. The number of benzene rings is 1. The van der Waals surface area contributed by atoms with Crippen LogP contribution in [-0.4, -0.2) is 4.40 Å². The van der Waals surface area contributed by atoms with Gasteiger partial charge in [0.1, 0.15) is 11.9 Å². The lowest BCUT2D eigenvalue weighted by molar-refractivity contribution is -0.594. The first kappa shape index (κ1) is 12.9. The Bertz CT molecular complexity index is 743. The Morgan fingerprint density at radius 3 is 2.30 bits per heavy atom. The number of imidazole rings is 1. The van der Waals surface area contributed by atoms with Crippen molar-refractivity contribution in [3.63, 3.8) is 0 Å². The Kier molecular flexibility index (Phi) is 2.89. The summed E-state index contributed by atoms with van der Waals surface area (Å²) in [4.78, 5) is 0. The van der Waals surface area contributed by atoms with Crippen molar-refractivity contribution in [1.29, 1.82) is 0 Å². The van der Waals surface area contributed by atoms with Crippen molar-refractivity contribution in [2.45, 2.75) is 33.1 Å². The lowest BCUT2D eigenvalue weighted by atomic mass is 9.88.